The normalized spacial score (nSPS) is 14.1. The number of carbonyl (C=O) groups is 4. The van der Waals surface area contributed by atoms with Crippen molar-refractivity contribution in [3.8, 4) is 0 Å². The summed E-state index contributed by atoms with van der Waals surface area (Å²) in [7, 11) is -9.92. The minimum absolute atomic E-state index is 0.107. The lowest BCUT2D eigenvalue weighted by atomic mass is 9.99. The molecule has 0 saturated carbocycles. The molecule has 0 saturated heterocycles. The van der Waals surface area contributed by atoms with Crippen LogP contribution in [0.2, 0.25) is 0 Å². The van der Waals surface area contributed by atoms with E-state index in [1.807, 2.05) is 0 Å². The quantitative estimate of drug-likeness (QED) is 0.0222. The first-order valence-corrected chi connectivity index (χ1v) is 46.7. The van der Waals surface area contributed by atoms with Crippen LogP contribution in [0.5, 0.6) is 0 Å². The summed E-state index contributed by atoms with van der Waals surface area (Å²) in [5, 5.41) is 10.7. The molecule has 0 aliphatic carbocycles. The van der Waals surface area contributed by atoms with Crippen LogP contribution in [0.4, 0.5) is 0 Å². The molecular formula is C84H164O17P2. The molecule has 0 aromatic rings. The van der Waals surface area contributed by atoms with E-state index in [9.17, 15) is 43.2 Å². The number of hydrogen-bond acceptors (Lipinski definition) is 15. The average molecular weight is 1510 g/mol. The minimum Gasteiger partial charge on any atom is -0.462 e. The second-order valence-electron chi connectivity index (χ2n) is 30.5. The van der Waals surface area contributed by atoms with Crippen molar-refractivity contribution in [2.24, 2.45) is 5.92 Å². The van der Waals surface area contributed by atoms with Crippen molar-refractivity contribution in [1.29, 1.82) is 0 Å². The smallest absolute Gasteiger partial charge is 0.462 e. The van der Waals surface area contributed by atoms with Crippen molar-refractivity contribution in [2.75, 3.05) is 39.6 Å². The molecule has 0 heterocycles. The monoisotopic (exact) mass is 1510 g/mol. The highest BCUT2D eigenvalue weighted by Gasteiger charge is 2.30. The van der Waals surface area contributed by atoms with Gasteiger partial charge in [-0.25, -0.2) is 9.13 Å². The lowest BCUT2D eigenvalue weighted by molar-refractivity contribution is -0.161. The Morgan fingerprint density at radius 3 is 0.689 bits per heavy atom. The molecule has 3 unspecified atom stereocenters. The summed E-state index contributed by atoms with van der Waals surface area (Å²) < 4.78 is 68.9. The average Bonchev–Trinajstić information content (AvgIpc) is 0.907. The number of aliphatic hydroxyl groups is 1. The van der Waals surface area contributed by atoms with Gasteiger partial charge in [-0.2, -0.15) is 0 Å². The van der Waals surface area contributed by atoms with Crippen molar-refractivity contribution in [1.82, 2.24) is 0 Å². The molecule has 0 aromatic heterocycles. The minimum atomic E-state index is -4.96. The SMILES string of the molecule is CCCCCCCCCCCCCCCCCCCCC(=O)OC[C@H](COP(=O)(O)OC[C@@H](O)COP(=O)(O)OC[C@@H](COC(=O)CCCCCCCCCCCCCCC)OC(=O)CCCCCCCCCCCCC(C)CC)OC(=O)CCCCCCCCCCCCCCCCCCCC. The first kappa shape index (κ1) is 101. The van der Waals surface area contributed by atoms with Gasteiger partial charge in [0, 0.05) is 25.7 Å². The maximum absolute atomic E-state index is 13.1. The van der Waals surface area contributed by atoms with Gasteiger partial charge in [0.2, 0.25) is 0 Å². The molecule has 19 heteroatoms. The van der Waals surface area contributed by atoms with Crippen LogP contribution in [0.3, 0.4) is 0 Å². The number of phosphoric acid groups is 2. The fourth-order valence-electron chi connectivity index (χ4n) is 13.1. The number of carbonyl (C=O) groups excluding carboxylic acids is 4. The van der Waals surface area contributed by atoms with Crippen LogP contribution < -0.4 is 0 Å². The molecule has 6 atom stereocenters. The van der Waals surface area contributed by atoms with Crippen molar-refractivity contribution in [2.45, 2.75) is 470 Å². The van der Waals surface area contributed by atoms with Gasteiger partial charge in [-0.05, 0) is 31.6 Å². The van der Waals surface area contributed by atoms with Gasteiger partial charge in [0.25, 0.3) is 0 Å². The zero-order chi connectivity index (χ0) is 75.5. The first-order chi connectivity index (χ1) is 50.1. The summed E-state index contributed by atoms with van der Waals surface area (Å²) in [6.45, 7) is 7.38. The molecule has 0 rings (SSSR count). The van der Waals surface area contributed by atoms with E-state index in [0.29, 0.717) is 25.7 Å². The largest absolute Gasteiger partial charge is 0.472 e. The van der Waals surface area contributed by atoms with Crippen molar-refractivity contribution >= 4 is 39.5 Å². The zero-order valence-corrected chi connectivity index (χ0v) is 69.3. The fourth-order valence-corrected chi connectivity index (χ4v) is 14.7. The number of esters is 4. The molecule has 0 radical (unpaired) electrons. The molecule has 0 spiro atoms. The van der Waals surface area contributed by atoms with Crippen molar-refractivity contribution < 1.29 is 80.2 Å². The van der Waals surface area contributed by atoms with Gasteiger partial charge in [0.15, 0.2) is 12.2 Å². The van der Waals surface area contributed by atoms with Crippen LogP contribution in [-0.4, -0.2) is 96.7 Å². The van der Waals surface area contributed by atoms with E-state index in [1.165, 1.54) is 276 Å². The van der Waals surface area contributed by atoms with E-state index in [2.05, 4.69) is 34.6 Å². The highest BCUT2D eigenvalue weighted by molar-refractivity contribution is 7.47. The third kappa shape index (κ3) is 76.6. The Balaban J connectivity index is 5.26. The highest BCUT2D eigenvalue weighted by atomic mass is 31.2. The van der Waals surface area contributed by atoms with E-state index in [4.69, 9.17) is 37.0 Å². The summed E-state index contributed by atoms with van der Waals surface area (Å²) >= 11 is 0. The van der Waals surface area contributed by atoms with Crippen molar-refractivity contribution in [3.63, 3.8) is 0 Å². The number of rotatable bonds is 84. The van der Waals surface area contributed by atoms with Gasteiger partial charge < -0.3 is 33.8 Å². The van der Waals surface area contributed by atoms with Gasteiger partial charge in [-0.15, -0.1) is 0 Å². The number of unbranched alkanes of at least 4 members (excludes halogenated alkanes) is 55. The van der Waals surface area contributed by atoms with Gasteiger partial charge in [-0.3, -0.25) is 37.3 Å². The Hall–Kier alpha value is -1.94. The Bertz CT molecular complexity index is 1960. The number of phosphoric ester groups is 2. The Morgan fingerprint density at radius 2 is 0.466 bits per heavy atom. The summed E-state index contributed by atoms with van der Waals surface area (Å²) in [6.07, 6.45) is 69.2. The number of hydrogen-bond donors (Lipinski definition) is 3. The van der Waals surface area contributed by atoms with Gasteiger partial charge >= 0.3 is 39.5 Å². The predicted molar refractivity (Wildman–Crippen MR) is 423 cm³/mol. The summed E-state index contributed by atoms with van der Waals surface area (Å²) in [5.74, 6) is -1.30. The summed E-state index contributed by atoms with van der Waals surface area (Å²) in [4.78, 5) is 73.2. The predicted octanol–water partition coefficient (Wildman–Crippen LogP) is 25.6. The molecule has 612 valence electrons. The van der Waals surface area contributed by atoms with E-state index < -0.39 is 97.5 Å². The molecule has 0 bridgehead atoms. The maximum atomic E-state index is 13.1. The maximum Gasteiger partial charge on any atom is 0.472 e. The Morgan fingerprint density at radius 1 is 0.272 bits per heavy atom. The summed E-state index contributed by atoms with van der Waals surface area (Å²) in [6, 6.07) is 0. The highest BCUT2D eigenvalue weighted by Crippen LogP contribution is 2.45. The fraction of sp³-hybridized carbons (Fsp3) is 0.952. The molecule has 17 nitrogen and oxygen atoms in total. The van der Waals surface area contributed by atoms with E-state index in [0.717, 1.165) is 95.8 Å². The van der Waals surface area contributed by atoms with Crippen LogP contribution >= 0.6 is 15.6 Å². The molecule has 0 aromatic carbocycles. The number of aliphatic hydroxyl groups excluding tert-OH is 1. The molecule has 0 aliphatic heterocycles. The van der Waals surface area contributed by atoms with Crippen molar-refractivity contribution in [3.05, 3.63) is 0 Å². The third-order valence-corrected chi connectivity index (χ3v) is 22.0. The van der Waals surface area contributed by atoms with E-state index in [1.54, 1.807) is 0 Å². The topological polar surface area (TPSA) is 237 Å². The standard InChI is InChI=1S/C84H164O17P2/c1-6-10-13-16-19-22-25-28-30-32-34-36-39-42-48-53-58-63-68-82(87)95-73-79(100-83(88)69-64-59-54-49-43-40-37-35-33-31-29-26-23-20-17-14-11-7-2)75-98-102(90,91)96-71-78(85)72-97-103(92,93)99-76-80(74-94-81(86)67-62-57-52-47-41-38-27-24-21-18-15-12-8-3)101-84(89)70-65-60-55-50-45-44-46-51-56-61-66-77(5)9-4/h77-80,85H,6-76H2,1-5H3,(H,90,91)(H,92,93)/t77?,78-,79-,80-/m1/s1. The van der Waals surface area contributed by atoms with Gasteiger partial charge in [0.1, 0.15) is 19.3 Å². The van der Waals surface area contributed by atoms with E-state index >= 15 is 0 Å². The lowest BCUT2D eigenvalue weighted by Gasteiger charge is -2.21. The molecular weight excluding hydrogens is 1340 g/mol. The van der Waals surface area contributed by atoms with Gasteiger partial charge in [0.05, 0.1) is 26.4 Å². The first-order valence-electron chi connectivity index (χ1n) is 43.7. The molecule has 0 aliphatic rings. The van der Waals surface area contributed by atoms with E-state index in [-0.39, 0.29) is 25.7 Å². The van der Waals surface area contributed by atoms with Crippen LogP contribution in [0.25, 0.3) is 0 Å². The lowest BCUT2D eigenvalue weighted by Crippen LogP contribution is -2.30. The Kier molecular flexibility index (Phi) is 75.4. The second-order valence-corrected chi connectivity index (χ2v) is 33.4. The second kappa shape index (κ2) is 76.8. The molecule has 0 amide bonds. The van der Waals surface area contributed by atoms with Crippen LogP contribution in [0, 0.1) is 5.92 Å². The zero-order valence-electron chi connectivity index (χ0n) is 67.5. The van der Waals surface area contributed by atoms with Gasteiger partial charge in [-0.1, -0.05) is 401 Å². The van der Waals surface area contributed by atoms with Crippen LogP contribution in [0.1, 0.15) is 452 Å². The third-order valence-electron chi connectivity index (χ3n) is 20.1. The van der Waals surface area contributed by atoms with Crippen LogP contribution in [0.15, 0.2) is 0 Å². The molecule has 103 heavy (non-hydrogen) atoms. The molecule has 0 fully saturated rings. The number of ether oxygens (including phenoxy) is 4. The van der Waals surface area contributed by atoms with Crippen LogP contribution in [-0.2, 0) is 65.4 Å². The summed E-state index contributed by atoms with van der Waals surface area (Å²) in [5.41, 5.74) is 0. The Labute approximate surface area is 632 Å². The molecule has 3 N–H and O–H groups in total.